The van der Waals surface area contributed by atoms with E-state index in [1.807, 2.05) is 18.2 Å². The second-order valence-corrected chi connectivity index (χ2v) is 6.05. The van der Waals surface area contributed by atoms with E-state index in [1.165, 1.54) is 5.56 Å². The molecular formula is C17H23N3O. The largest absolute Gasteiger partial charge is 0.437 e. The van der Waals surface area contributed by atoms with Crippen molar-refractivity contribution in [2.45, 2.75) is 46.2 Å². The molecule has 4 nitrogen and oxygen atoms in total. The smallest absolute Gasteiger partial charge is 0.237 e. The number of hydrogen-bond acceptors (Lipinski definition) is 4. The number of aryl methyl sites for hydroxylation is 1. The zero-order valence-corrected chi connectivity index (χ0v) is 13.2. The topological polar surface area (TPSA) is 47.0 Å². The van der Waals surface area contributed by atoms with Gasteiger partial charge < -0.3 is 10.1 Å². The molecule has 2 rings (SSSR count). The van der Waals surface area contributed by atoms with Crippen LogP contribution >= 0.6 is 0 Å². The second-order valence-electron chi connectivity index (χ2n) is 6.05. The van der Waals surface area contributed by atoms with E-state index in [9.17, 15) is 0 Å². The predicted molar refractivity (Wildman–Crippen MR) is 84.5 cm³/mol. The molecule has 4 heteroatoms. The van der Waals surface area contributed by atoms with Gasteiger partial charge in [0.25, 0.3) is 0 Å². The zero-order valence-electron chi connectivity index (χ0n) is 13.2. The summed E-state index contributed by atoms with van der Waals surface area (Å²) in [4.78, 5) is 8.68. The maximum atomic E-state index is 5.73. The van der Waals surface area contributed by atoms with E-state index in [2.05, 4.69) is 49.0 Å². The highest BCUT2D eigenvalue weighted by Crippen LogP contribution is 2.20. The van der Waals surface area contributed by atoms with E-state index in [1.54, 1.807) is 12.4 Å². The average molecular weight is 285 g/mol. The maximum absolute atomic E-state index is 5.73. The molecule has 0 saturated carbocycles. The number of nitrogens with one attached hydrogen (secondary N) is 1. The molecule has 0 atom stereocenters. The third-order valence-electron chi connectivity index (χ3n) is 3.01. The number of aromatic nitrogens is 2. The molecule has 1 aromatic heterocycles. The highest BCUT2D eigenvalue weighted by Gasteiger charge is 2.09. The van der Waals surface area contributed by atoms with E-state index in [0.29, 0.717) is 12.4 Å². The van der Waals surface area contributed by atoms with E-state index in [4.69, 9.17) is 4.74 Å². The maximum Gasteiger partial charge on any atom is 0.237 e. The first-order valence-corrected chi connectivity index (χ1v) is 7.29. The number of rotatable bonds is 5. The molecule has 0 fully saturated rings. The van der Waals surface area contributed by atoms with Crippen molar-refractivity contribution in [3.8, 4) is 11.6 Å². The van der Waals surface area contributed by atoms with Gasteiger partial charge in [0, 0.05) is 12.1 Å². The third kappa shape index (κ3) is 5.16. The Labute approximate surface area is 126 Å². The molecule has 0 radical (unpaired) electrons. The zero-order chi connectivity index (χ0) is 15.3. The summed E-state index contributed by atoms with van der Waals surface area (Å²) in [6.07, 6.45) is 4.40. The van der Waals surface area contributed by atoms with Crippen molar-refractivity contribution in [2.75, 3.05) is 0 Å². The lowest BCUT2D eigenvalue weighted by Gasteiger charge is -2.19. The molecule has 0 spiro atoms. The minimum Gasteiger partial charge on any atom is -0.437 e. The Morgan fingerprint density at radius 2 is 1.95 bits per heavy atom. The Hall–Kier alpha value is -1.94. The number of hydrogen-bond donors (Lipinski definition) is 1. The number of ether oxygens (including phenoxy) is 1. The first kappa shape index (κ1) is 15.4. The van der Waals surface area contributed by atoms with Gasteiger partial charge in [-0.1, -0.05) is 19.1 Å². The molecule has 0 aliphatic rings. The van der Waals surface area contributed by atoms with Crippen molar-refractivity contribution in [3.05, 3.63) is 47.9 Å². The van der Waals surface area contributed by atoms with Crippen molar-refractivity contribution in [1.29, 1.82) is 0 Å². The average Bonchev–Trinajstić information content (AvgIpc) is 2.46. The number of benzene rings is 1. The van der Waals surface area contributed by atoms with Crippen molar-refractivity contribution in [3.63, 3.8) is 0 Å². The minimum absolute atomic E-state index is 0.0669. The van der Waals surface area contributed by atoms with E-state index < -0.39 is 0 Å². The van der Waals surface area contributed by atoms with E-state index in [0.717, 1.165) is 17.9 Å². The molecule has 0 aliphatic carbocycles. The molecule has 0 amide bonds. The van der Waals surface area contributed by atoms with Crippen LogP contribution in [-0.2, 0) is 13.0 Å². The van der Waals surface area contributed by atoms with Gasteiger partial charge in [-0.05, 0) is 44.9 Å². The Bertz CT molecular complexity index is 573. The highest BCUT2D eigenvalue weighted by molar-refractivity contribution is 5.31. The predicted octanol–water partition coefficient (Wildman–Crippen LogP) is 3.72. The van der Waals surface area contributed by atoms with Crippen molar-refractivity contribution < 1.29 is 4.74 Å². The van der Waals surface area contributed by atoms with Gasteiger partial charge in [0.1, 0.15) is 5.75 Å². The molecule has 0 saturated heterocycles. The van der Waals surface area contributed by atoms with Crippen molar-refractivity contribution in [1.82, 2.24) is 15.3 Å². The summed E-state index contributed by atoms with van der Waals surface area (Å²) in [6, 6.07) is 8.02. The fraction of sp³-hybridized carbons (Fsp3) is 0.412. The van der Waals surface area contributed by atoms with Gasteiger partial charge in [-0.15, -0.1) is 0 Å². The fourth-order valence-electron chi connectivity index (χ4n) is 1.79. The summed E-state index contributed by atoms with van der Waals surface area (Å²) in [6.45, 7) is 9.19. The van der Waals surface area contributed by atoms with Crippen LogP contribution in [0.1, 0.15) is 39.0 Å². The summed E-state index contributed by atoms with van der Waals surface area (Å²) in [5, 5.41) is 3.38. The monoisotopic (exact) mass is 285 g/mol. The van der Waals surface area contributed by atoms with Crippen LogP contribution in [-0.4, -0.2) is 15.5 Å². The van der Waals surface area contributed by atoms with E-state index >= 15 is 0 Å². The molecule has 0 unspecified atom stereocenters. The highest BCUT2D eigenvalue weighted by atomic mass is 16.5. The van der Waals surface area contributed by atoms with Crippen molar-refractivity contribution in [2.24, 2.45) is 0 Å². The fourth-order valence-corrected chi connectivity index (χ4v) is 1.79. The van der Waals surface area contributed by atoms with Gasteiger partial charge in [-0.2, -0.15) is 0 Å². The molecule has 2 aromatic rings. The van der Waals surface area contributed by atoms with Crippen LogP contribution in [0.4, 0.5) is 0 Å². The Kier molecular flexibility index (Phi) is 4.91. The molecule has 0 aliphatic heterocycles. The lowest BCUT2D eigenvalue weighted by Crippen LogP contribution is -2.35. The molecule has 1 aromatic carbocycles. The first-order valence-electron chi connectivity index (χ1n) is 7.29. The van der Waals surface area contributed by atoms with Crippen LogP contribution in [0.3, 0.4) is 0 Å². The van der Waals surface area contributed by atoms with Crippen LogP contribution in [0.25, 0.3) is 0 Å². The summed E-state index contributed by atoms with van der Waals surface area (Å²) < 4.78 is 5.73. The second kappa shape index (κ2) is 6.68. The quantitative estimate of drug-likeness (QED) is 0.909. The Balaban J connectivity index is 1.98. The minimum atomic E-state index is 0.0669. The summed E-state index contributed by atoms with van der Waals surface area (Å²) in [5.41, 5.74) is 2.21. The van der Waals surface area contributed by atoms with Gasteiger partial charge in [0.05, 0.1) is 18.1 Å². The van der Waals surface area contributed by atoms with E-state index in [-0.39, 0.29) is 5.54 Å². The summed E-state index contributed by atoms with van der Waals surface area (Å²) >= 11 is 0. The third-order valence-corrected chi connectivity index (χ3v) is 3.01. The molecule has 0 bridgehead atoms. The van der Waals surface area contributed by atoms with Gasteiger partial charge in [-0.3, -0.25) is 4.98 Å². The molecule has 1 heterocycles. The van der Waals surface area contributed by atoms with Gasteiger partial charge in [-0.25, -0.2) is 4.98 Å². The normalized spacial score (nSPS) is 11.4. The van der Waals surface area contributed by atoms with Gasteiger partial charge in [0.15, 0.2) is 0 Å². The van der Waals surface area contributed by atoms with Crippen molar-refractivity contribution >= 4 is 0 Å². The molecular weight excluding hydrogens is 262 g/mol. The summed E-state index contributed by atoms with van der Waals surface area (Å²) in [7, 11) is 0. The molecule has 112 valence electrons. The van der Waals surface area contributed by atoms with Crippen LogP contribution in [0.2, 0.25) is 0 Å². The first-order chi connectivity index (χ1) is 9.96. The van der Waals surface area contributed by atoms with Gasteiger partial charge in [0.2, 0.25) is 5.88 Å². The standard InChI is InChI=1S/C17H23N3O/c1-5-13-7-6-8-15(9-13)21-16-12-18-14(10-19-16)11-20-17(2,3)4/h6-10,12,20H,5,11H2,1-4H3. The SMILES string of the molecule is CCc1cccc(Oc2cnc(CNC(C)(C)C)cn2)c1. The molecule has 1 N–H and O–H groups in total. The lowest BCUT2D eigenvalue weighted by molar-refractivity contribution is 0.418. The van der Waals surface area contributed by atoms with Crippen LogP contribution in [0, 0.1) is 0 Å². The van der Waals surface area contributed by atoms with Crippen LogP contribution in [0.5, 0.6) is 11.6 Å². The Morgan fingerprint density at radius 1 is 1.14 bits per heavy atom. The van der Waals surface area contributed by atoms with Crippen LogP contribution in [0.15, 0.2) is 36.7 Å². The number of nitrogens with zero attached hydrogens (tertiary/aromatic N) is 2. The molecule has 21 heavy (non-hydrogen) atoms. The summed E-state index contributed by atoms with van der Waals surface area (Å²) in [5.74, 6) is 1.31. The Morgan fingerprint density at radius 3 is 2.57 bits per heavy atom. The lowest BCUT2D eigenvalue weighted by atomic mass is 10.1. The van der Waals surface area contributed by atoms with Gasteiger partial charge >= 0.3 is 0 Å². The van der Waals surface area contributed by atoms with Crippen LogP contribution < -0.4 is 10.1 Å².